The Bertz CT molecular complexity index is 1320. The van der Waals surface area contributed by atoms with Gasteiger partial charge in [0.25, 0.3) is 11.8 Å². The second kappa shape index (κ2) is 12.4. The van der Waals surface area contributed by atoms with E-state index in [4.69, 9.17) is 9.47 Å². The summed E-state index contributed by atoms with van der Waals surface area (Å²) in [5.74, 6) is 0.639. The van der Waals surface area contributed by atoms with Crippen molar-refractivity contribution in [2.45, 2.75) is 13.8 Å². The smallest absolute Gasteiger partial charge is 0.255 e. The lowest BCUT2D eigenvalue weighted by molar-refractivity contribution is 0.101. The molecule has 192 valence electrons. The van der Waals surface area contributed by atoms with E-state index in [1.807, 2.05) is 86.6 Å². The third kappa shape index (κ3) is 7.11. The van der Waals surface area contributed by atoms with Gasteiger partial charge in [-0.15, -0.1) is 0 Å². The van der Waals surface area contributed by atoms with Crippen LogP contribution in [0.5, 0.6) is 11.5 Å². The molecule has 0 unspecified atom stereocenters. The maximum absolute atomic E-state index is 12.7. The number of nitrogens with one attached hydrogen (secondary N) is 2. The molecule has 0 aromatic heterocycles. The molecule has 0 spiro atoms. The van der Waals surface area contributed by atoms with Gasteiger partial charge in [0, 0.05) is 11.1 Å². The summed E-state index contributed by atoms with van der Waals surface area (Å²) >= 11 is 0. The van der Waals surface area contributed by atoms with E-state index in [0.29, 0.717) is 39.6 Å². The van der Waals surface area contributed by atoms with Crippen LogP contribution >= 0.6 is 0 Å². The van der Waals surface area contributed by atoms with E-state index >= 15 is 0 Å². The van der Waals surface area contributed by atoms with Crippen molar-refractivity contribution >= 4 is 23.2 Å². The highest BCUT2D eigenvalue weighted by molar-refractivity contribution is 6.05. The molecule has 6 heteroatoms. The number of carbonyl (C=O) groups excluding carboxylic acids is 2. The average Bonchev–Trinajstić information content (AvgIpc) is 2.93. The summed E-state index contributed by atoms with van der Waals surface area (Å²) in [6, 6.07) is 29.2. The van der Waals surface area contributed by atoms with Crippen molar-refractivity contribution in [2.75, 3.05) is 23.8 Å². The molecule has 2 N–H and O–H groups in total. The number of hydrogen-bond acceptors (Lipinski definition) is 4. The van der Waals surface area contributed by atoms with E-state index in [9.17, 15) is 9.59 Å². The molecule has 4 aromatic rings. The van der Waals surface area contributed by atoms with Gasteiger partial charge in [0.1, 0.15) is 24.7 Å². The van der Waals surface area contributed by atoms with Gasteiger partial charge in [-0.05, 0) is 79.1 Å². The fraction of sp³-hybridized carbons (Fsp3) is 0.125. The zero-order valence-corrected chi connectivity index (χ0v) is 21.5. The van der Waals surface area contributed by atoms with Crippen LogP contribution in [0.1, 0.15) is 31.8 Å². The van der Waals surface area contributed by atoms with Crippen LogP contribution in [0.4, 0.5) is 11.4 Å². The molecular weight excluding hydrogens is 476 g/mol. The van der Waals surface area contributed by atoms with Gasteiger partial charge in [-0.1, -0.05) is 55.1 Å². The van der Waals surface area contributed by atoms with Gasteiger partial charge in [-0.3, -0.25) is 9.59 Å². The van der Waals surface area contributed by atoms with E-state index in [1.54, 1.807) is 24.3 Å². The third-order valence-corrected chi connectivity index (χ3v) is 5.70. The molecule has 6 nitrogen and oxygen atoms in total. The molecule has 38 heavy (non-hydrogen) atoms. The molecule has 4 rings (SSSR count). The normalized spacial score (nSPS) is 10.4. The summed E-state index contributed by atoms with van der Waals surface area (Å²) in [5, 5.41) is 5.86. The molecule has 0 saturated carbocycles. The van der Waals surface area contributed by atoms with Crippen molar-refractivity contribution in [1.82, 2.24) is 0 Å². The molecule has 0 bridgehead atoms. The maximum atomic E-state index is 12.7. The first-order chi connectivity index (χ1) is 18.4. The number of ether oxygens (including phenoxy) is 2. The lowest BCUT2D eigenvalue weighted by Gasteiger charge is -2.16. The summed E-state index contributed by atoms with van der Waals surface area (Å²) in [4.78, 5) is 25.3. The highest BCUT2D eigenvalue weighted by Crippen LogP contribution is 2.28. The first kappa shape index (κ1) is 26.2. The van der Waals surface area contributed by atoms with Crippen molar-refractivity contribution < 1.29 is 19.1 Å². The Morgan fingerprint density at radius 2 is 1.03 bits per heavy atom. The summed E-state index contributed by atoms with van der Waals surface area (Å²) in [7, 11) is 0. The highest BCUT2D eigenvalue weighted by atomic mass is 16.5. The van der Waals surface area contributed by atoms with Crippen molar-refractivity contribution in [3.05, 3.63) is 131 Å². The predicted molar refractivity (Wildman–Crippen MR) is 151 cm³/mol. The number of hydrogen-bond donors (Lipinski definition) is 2. The van der Waals surface area contributed by atoms with Crippen molar-refractivity contribution in [3.63, 3.8) is 0 Å². The summed E-state index contributed by atoms with van der Waals surface area (Å²) in [6.45, 7) is 8.35. The maximum Gasteiger partial charge on any atom is 0.255 e. The number of carbonyl (C=O) groups is 2. The Morgan fingerprint density at radius 3 is 1.42 bits per heavy atom. The Kier molecular flexibility index (Phi) is 8.57. The molecule has 0 heterocycles. The molecule has 0 radical (unpaired) electrons. The SMILES string of the molecule is C=C(COc1ccc(C)cc1NC(=O)c1ccccc1)COc1ccc(C)cc1NC(=O)c1ccccc1. The second-order valence-corrected chi connectivity index (χ2v) is 8.97. The monoisotopic (exact) mass is 506 g/mol. The summed E-state index contributed by atoms with van der Waals surface area (Å²) in [5.41, 5.74) is 4.96. The fourth-order valence-corrected chi connectivity index (χ4v) is 3.70. The summed E-state index contributed by atoms with van der Waals surface area (Å²) in [6.07, 6.45) is 0. The van der Waals surface area contributed by atoms with E-state index in [0.717, 1.165) is 11.1 Å². The van der Waals surface area contributed by atoms with Crippen LogP contribution in [-0.2, 0) is 0 Å². The number of aryl methyl sites for hydroxylation is 2. The minimum atomic E-state index is -0.215. The molecular formula is C32H30N2O4. The molecule has 0 aliphatic rings. The zero-order chi connectivity index (χ0) is 26.9. The van der Waals surface area contributed by atoms with Crippen LogP contribution in [0.3, 0.4) is 0 Å². The predicted octanol–water partition coefficient (Wildman–Crippen LogP) is 6.82. The van der Waals surface area contributed by atoms with Crippen molar-refractivity contribution in [1.29, 1.82) is 0 Å². The Hall–Kier alpha value is -4.84. The van der Waals surface area contributed by atoms with Gasteiger partial charge in [0.2, 0.25) is 0 Å². The molecule has 2 amide bonds. The Morgan fingerprint density at radius 1 is 0.632 bits per heavy atom. The molecule has 0 fully saturated rings. The highest BCUT2D eigenvalue weighted by Gasteiger charge is 2.13. The van der Waals surface area contributed by atoms with Gasteiger partial charge >= 0.3 is 0 Å². The minimum Gasteiger partial charge on any atom is -0.487 e. The number of amides is 2. The molecule has 0 atom stereocenters. The van der Waals surface area contributed by atoms with Gasteiger partial charge in [0.15, 0.2) is 0 Å². The van der Waals surface area contributed by atoms with Crippen LogP contribution in [0.25, 0.3) is 0 Å². The average molecular weight is 507 g/mol. The molecule has 0 saturated heterocycles. The van der Waals surface area contributed by atoms with Gasteiger partial charge in [0.05, 0.1) is 11.4 Å². The van der Waals surface area contributed by atoms with Crippen molar-refractivity contribution in [2.24, 2.45) is 0 Å². The molecule has 0 aliphatic heterocycles. The van der Waals surface area contributed by atoms with E-state index in [1.165, 1.54) is 0 Å². The van der Waals surface area contributed by atoms with Gasteiger partial charge in [-0.25, -0.2) is 0 Å². The summed E-state index contributed by atoms with van der Waals surface area (Å²) < 4.78 is 12.0. The van der Waals surface area contributed by atoms with E-state index in [2.05, 4.69) is 17.2 Å². The van der Waals surface area contributed by atoms with E-state index < -0.39 is 0 Å². The Labute approximate surface area is 222 Å². The number of anilines is 2. The van der Waals surface area contributed by atoms with Gasteiger partial charge < -0.3 is 20.1 Å². The first-order valence-electron chi connectivity index (χ1n) is 12.3. The van der Waals surface area contributed by atoms with Crippen LogP contribution < -0.4 is 20.1 Å². The minimum absolute atomic E-state index is 0.189. The molecule has 0 aliphatic carbocycles. The van der Waals surface area contributed by atoms with E-state index in [-0.39, 0.29) is 25.0 Å². The van der Waals surface area contributed by atoms with Crippen LogP contribution in [0.15, 0.2) is 109 Å². The van der Waals surface area contributed by atoms with Crippen LogP contribution in [-0.4, -0.2) is 25.0 Å². The van der Waals surface area contributed by atoms with Gasteiger partial charge in [-0.2, -0.15) is 0 Å². The number of benzene rings is 4. The van der Waals surface area contributed by atoms with Crippen molar-refractivity contribution in [3.8, 4) is 11.5 Å². The van der Waals surface area contributed by atoms with Crippen LogP contribution in [0.2, 0.25) is 0 Å². The first-order valence-corrected chi connectivity index (χ1v) is 12.3. The number of rotatable bonds is 10. The second-order valence-electron chi connectivity index (χ2n) is 8.97. The lowest BCUT2D eigenvalue weighted by atomic mass is 10.1. The zero-order valence-electron chi connectivity index (χ0n) is 21.5. The largest absolute Gasteiger partial charge is 0.487 e. The molecule has 4 aromatic carbocycles. The standard InChI is InChI=1S/C32H30N2O4/c1-22-14-16-29(27(18-22)33-31(35)25-10-6-4-7-11-25)37-20-24(3)21-38-30-17-15-23(2)19-28(30)34-32(36)26-12-8-5-9-13-26/h4-19H,3,20-21H2,1-2H3,(H,33,35)(H,34,36). The Balaban J connectivity index is 1.37. The lowest BCUT2D eigenvalue weighted by Crippen LogP contribution is -2.15. The third-order valence-electron chi connectivity index (χ3n) is 5.70. The van der Waals surface area contributed by atoms with Crippen LogP contribution in [0, 0.1) is 13.8 Å². The fourth-order valence-electron chi connectivity index (χ4n) is 3.70. The quantitative estimate of drug-likeness (QED) is 0.231. The topological polar surface area (TPSA) is 76.7 Å².